The van der Waals surface area contributed by atoms with E-state index in [0.29, 0.717) is 0 Å². The van der Waals surface area contributed by atoms with Gasteiger partial charge in [-0.25, -0.2) is 0 Å². The summed E-state index contributed by atoms with van der Waals surface area (Å²) < 4.78 is 5.04. The largest absolute Gasteiger partial charge is 0.399 e. The van der Waals surface area contributed by atoms with Crippen LogP contribution in [0.3, 0.4) is 0 Å². The van der Waals surface area contributed by atoms with E-state index in [1.807, 2.05) is 37.3 Å². The van der Waals surface area contributed by atoms with E-state index >= 15 is 0 Å². The minimum absolute atomic E-state index is 0.779. The van der Waals surface area contributed by atoms with Gasteiger partial charge >= 0.3 is 0 Å². The van der Waals surface area contributed by atoms with Crippen LogP contribution in [0.5, 0.6) is 0 Å². The van der Waals surface area contributed by atoms with Gasteiger partial charge in [0.05, 0.1) is 5.69 Å². The monoisotopic (exact) mass is 231 g/mol. The van der Waals surface area contributed by atoms with Crippen molar-refractivity contribution in [1.29, 1.82) is 0 Å². The number of aromatic nitrogens is 1. The highest BCUT2D eigenvalue weighted by atomic mass is 16.5. The summed E-state index contributed by atoms with van der Waals surface area (Å²) in [7, 11) is 2.06. The van der Waals surface area contributed by atoms with E-state index in [0.717, 1.165) is 30.2 Å². The molecule has 0 aliphatic rings. The average Bonchev–Trinajstić information content (AvgIpc) is 2.67. The maximum absolute atomic E-state index is 5.65. The Morgan fingerprint density at radius 2 is 1.94 bits per heavy atom. The van der Waals surface area contributed by atoms with Gasteiger partial charge in [0.1, 0.15) is 5.76 Å². The highest BCUT2D eigenvalue weighted by Gasteiger charge is 2.05. The first kappa shape index (κ1) is 11.7. The molecule has 2 aromatic rings. The van der Waals surface area contributed by atoms with Crippen molar-refractivity contribution in [3.63, 3.8) is 0 Å². The van der Waals surface area contributed by atoms with E-state index in [1.54, 1.807) is 0 Å². The molecular weight excluding hydrogens is 214 g/mol. The third kappa shape index (κ3) is 3.32. The van der Waals surface area contributed by atoms with Gasteiger partial charge < -0.3 is 10.3 Å². The Morgan fingerprint density at radius 3 is 2.53 bits per heavy atom. The molecule has 4 nitrogen and oxygen atoms in total. The summed E-state index contributed by atoms with van der Waals surface area (Å²) in [6.07, 6.45) is 0. The average molecular weight is 231 g/mol. The second-order valence-corrected chi connectivity index (χ2v) is 4.34. The normalized spacial score (nSPS) is 11.0. The van der Waals surface area contributed by atoms with Gasteiger partial charge in [-0.3, -0.25) is 4.90 Å². The van der Waals surface area contributed by atoms with Gasteiger partial charge in [-0.2, -0.15) is 0 Å². The zero-order valence-corrected chi connectivity index (χ0v) is 10.2. The van der Waals surface area contributed by atoms with E-state index in [-0.39, 0.29) is 0 Å². The van der Waals surface area contributed by atoms with Gasteiger partial charge in [0, 0.05) is 24.8 Å². The molecule has 0 fully saturated rings. The van der Waals surface area contributed by atoms with Crippen LogP contribution < -0.4 is 5.73 Å². The van der Waals surface area contributed by atoms with Gasteiger partial charge in [-0.05, 0) is 31.7 Å². The Labute approximate surface area is 101 Å². The Bertz CT molecular complexity index is 476. The lowest BCUT2D eigenvalue weighted by atomic mass is 10.2. The first-order chi connectivity index (χ1) is 8.13. The Hall–Kier alpha value is -1.81. The number of rotatable bonds is 4. The molecule has 1 heterocycles. The van der Waals surface area contributed by atoms with Crippen molar-refractivity contribution >= 4 is 5.69 Å². The fraction of sp³-hybridized carbons (Fsp3) is 0.308. The van der Waals surface area contributed by atoms with E-state index < -0.39 is 0 Å². The smallest absolute Gasteiger partial charge is 0.133 e. The highest BCUT2D eigenvalue weighted by molar-refractivity contribution is 5.39. The Balaban J connectivity index is 1.93. The second kappa shape index (κ2) is 5.01. The lowest BCUT2D eigenvalue weighted by Crippen LogP contribution is -2.17. The first-order valence-electron chi connectivity index (χ1n) is 5.58. The molecule has 2 rings (SSSR count). The minimum atomic E-state index is 0.779. The van der Waals surface area contributed by atoms with Gasteiger partial charge in [-0.15, -0.1) is 0 Å². The van der Waals surface area contributed by atoms with Crippen LogP contribution >= 0.6 is 0 Å². The van der Waals surface area contributed by atoms with Crippen LogP contribution in [-0.4, -0.2) is 17.1 Å². The number of hydrogen-bond donors (Lipinski definition) is 1. The summed E-state index contributed by atoms with van der Waals surface area (Å²) in [5.41, 5.74) is 8.64. The van der Waals surface area contributed by atoms with Gasteiger partial charge in [0.15, 0.2) is 0 Å². The fourth-order valence-corrected chi connectivity index (χ4v) is 1.76. The zero-order valence-electron chi connectivity index (χ0n) is 10.2. The van der Waals surface area contributed by atoms with Gasteiger partial charge in [-0.1, -0.05) is 17.3 Å². The quantitative estimate of drug-likeness (QED) is 0.819. The standard InChI is InChI=1S/C13H17N3O/c1-10-7-13(15-17-10)9-16(2)8-11-3-5-12(14)6-4-11/h3-7H,8-9,14H2,1-2H3. The SMILES string of the molecule is Cc1cc(CN(C)Cc2ccc(N)cc2)no1. The van der Waals surface area contributed by atoms with Crippen LogP contribution in [0.2, 0.25) is 0 Å². The van der Waals surface area contributed by atoms with E-state index in [4.69, 9.17) is 10.3 Å². The lowest BCUT2D eigenvalue weighted by Gasteiger charge is -2.14. The van der Waals surface area contributed by atoms with Gasteiger partial charge in [0.25, 0.3) is 0 Å². The number of aryl methyl sites for hydroxylation is 1. The highest BCUT2D eigenvalue weighted by Crippen LogP contribution is 2.10. The number of nitrogens with two attached hydrogens (primary N) is 1. The molecule has 2 N–H and O–H groups in total. The second-order valence-electron chi connectivity index (χ2n) is 4.34. The topological polar surface area (TPSA) is 55.3 Å². The van der Waals surface area contributed by atoms with Crippen molar-refractivity contribution in [3.05, 3.63) is 47.3 Å². The van der Waals surface area contributed by atoms with Crippen molar-refractivity contribution in [2.24, 2.45) is 0 Å². The number of anilines is 1. The van der Waals surface area contributed by atoms with Crippen LogP contribution in [0.15, 0.2) is 34.9 Å². The molecule has 0 bridgehead atoms. The zero-order chi connectivity index (χ0) is 12.3. The molecule has 0 spiro atoms. The predicted molar refractivity (Wildman–Crippen MR) is 67.3 cm³/mol. The molecule has 4 heteroatoms. The number of benzene rings is 1. The maximum atomic E-state index is 5.65. The number of nitrogen functional groups attached to an aromatic ring is 1. The van der Waals surface area contributed by atoms with Crippen molar-refractivity contribution < 1.29 is 4.52 Å². The molecule has 0 aliphatic carbocycles. The van der Waals surface area contributed by atoms with Crippen molar-refractivity contribution in [2.75, 3.05) is 12.8 Å². The van der Waals surface area contributed by atoms with Crippen molar-refractivity contribution in [2.45, 2.75) is 20.0 Å². The molecule has 1 aromatic heterocycles. The summed E-state index contributed by atoms with van der Waals surface area (Å²) in [6.45, 7) is 3.55. The summed E-state index contributed by atoms with van der Waals surface area (Å²) in [6, 6.07) is 9.88. The van der Waals surface area contributed by atoms with Crippen molar-refractivity contribution in [3.8, 4) is 0 Å². The summed E-state index contributed by atoms with van der Waals surface area (Å²) in [5, 5.41) is 3.97. The number of nitrogens with zero attached hydrogens (tertiary/aromatic N) is 2. The number of hydrogen-bond acceptors (Lipinski definition) is 4. The van der Waals surface area contributed by atoms with Crippen molar-refractivity contribution in [1.82, 2.24) is 10.1 Å². The summed E-state index contributed by atoms with van der Waals surface area (Å²) in [4.78, 5) is 2.18. The summed E-state index contributed by atoms with van der Waals surface area (Å²) >= 11 is 0. The molecular formula is C13H17N3O. The van der Waals surface area contributed by atoms with E-state index in [9.17, 15) is 0 Å². The molecule has 17 heavy (non-hydrogen) atoms. The molecule has 0 atom stereocenters. The molecule has 0 radical (unpaired) electrons. The third-order valence-corrected chi connectivity index (χ3v) is 2.54. The van der Waals surface area contributed by atoms with E-state index in [2.05, 4.69) is 17.1 Å². The lowest BCUT2D eigenvalue weighted by molar-refractivity contribution is 0.302. The molecule has 0 aliphatic heterocycles. The third-order valence-electron chi connectivity index (χ3n) is 2.54. The first-order valence-corrected chi connectivity index (χ1v) is 5.58. The van der Waals surface area contributed by atoms with Crippen LogP contribution in [-0.2, 0) is 13.1 Å². The van der Waals surface area contributed by atoms with E-state index in [1.165, 1.54) is 5.56 Å². The fourth-order valence-electron chi connectivity index (χ4n) is 1.76. The van der Waals surface area contributed by atoms with Crippen LogP contribution in [0.25, 0.3) is 0 Å². The Kier molecular flexibility index (Phi) is 3.44. The summed E-state index contributed by atoms with van der Waals surface area (Å²) in [5.74, 6) is 0.848. The molecule has 1 aromatic carbocycles. The Morgan fingerprint density at radius 1 is 1.24 bits per heavy atom. The molecule has 0 saturated heterocycles. The van der Waals surface area contributed by atoms with Crippen LogP contribution in [0, 0.1) is 6.92 Å². The predicted octanol–water partition coefficient (Wildman–Crippen LogP) is 2.20. The maximum Gasteiger partial charge on any atom is 0.133 e. The molecule has 90 valence electrons. The minimum Gasteiger partial charge on any atom is -0.399 e. The molecule has 0 saturated carbocycles. The van der Waals surface area contributed by atoms with Crippen LogP contribution in [0.4, 0.5) is 5.69 Å². The van der Waals surface area contributed by atoms with Gasteiger partial charge in [0.2, 0.25) is 0 Å². The molecule has 0 amide bonds. The molecule has 0 unspecified atom stereocenters. The van der Waals surface area contributed by atoms with Crippen LogP contribution in [0.1, 0.15) is 17.0 Å².